The molecule has 0 N–H and O–H groups in total. The topological polar surface area (TPSA) is 77.8 Å². The Bertz CT molecular complexity index is 874. The summed E-state index contributed by atoms with van der Waals surface area (Å²) >= 11 is 5.80. The van der Waals surface area contributed by atoms with Crippen LogP contribution >= 0.6 is 11.6 Å². The molecular formula is C18H23ClN2O5S. The van der Waals surface area contributed by atoms with Crippen molar-refractivity contribution in [1.29, 1.82) is 0 Å². The van der Waals surface area contributed by atoms with Crippen molar-refractivity contribution in [3.05, 3.63) is 47.2 Å². The van der Waals surface area contributed by atoms with E-state index < -0.39 is 16.0 Å². The molecule has 1 aromatic carbocycles. The number of hydrogen-bond donors (Lipinski definition) is 0. The van der Waals surface area contributed by atoms with Crippen LogP contribution in [-0.2, 0) is 21.8 Å². The number of nitrogens with zero attached hydrogens (tertiary/aromatic N) is 2. The molecule has 1 aromatic heterocycles. The Labute approximate surface area is 164 Å². The molecule has 0 saturated heterocycles. The van der Waals surface area contributed by atoms with Crippen molar-refractivity contribution in [2.24, 2.45) is 7.05 Å². The van der Waals surface area contributed by atoms with E-state index in [4.69, 9.17) is 21.1 Å². The minimum Gasteiger partial charge on any atom is -0.490 e. The molecule has 0 saturated carbocycles. The molecule has 2 rings (SSSR count). The summed E-state index contributed by atoms with van der Waals surface area (Å²) in [6.07, 6.45) is 1.41. The van der Waals surface area contributed by atoms with Crippen LogP contribution in [0.2, 0.25) is 5.02 Å². The van der Waals surface area contributed by atoms with Gasteiger partial charge in [0, 0.05) is 31.4 Å². The lowest BCUT2D eigenvalue weighted by molar-refractivity contribution is 0.0439. The number of aromatic nitrogens is 1. The summed E-state index contributed by atoms with van der Waals surface area (Å²) in [5.74, 6) is 0.000112. The summed E-state index contributed by atoms with van der Waals surface area (Å²) in [7, 11) is -2.03. The molecule has 0 aliphatic carbocycles. The number of sulfonamides is 1. The molecule has 148 valence electrons. The molecule has 0 amide bonds. The van der Waals surface area contributed by atoms with Crippen molar-refractivity contribution in [3.8, 4) is 5.75 Å². The highest BCUT2D eigenvalue weighted by atomic mass is 35.5. The van der Waals surface area contributed by atoms with Crippen LogP contribution in [0.1, 0.15) is 24.3 Å². The Kier molecular flexibility index (Phi) is 7.29. The quantitative estimate of drug-likeness (QED) is 0.465. The number of carbonyl (C=O) groups excluding carboxylic acids is 1. The molecule has 0 radical (unpaired) electrons. The summed E-state index contributed by atoms with van der Waals surface area (Å²) < 4.78 is 38.5. The van der Waals surface area contributed by atoms with Crippen LogP contribution in [0, 0.1) is 0 Å². The number of esters is 1. The first-order valence-electron chi connectivity index (χ1n) is 8.51. The van der Waals surface area contributed by atoms with E-state index in [1.165, 1.54) is 21.1 Å². The average molecular weight is 415 g/mol. The highest BCUT2D eigenvalue weighted by Crippen LogP contribution is 2.19. The van der Waals surface area contributed by atoms with Gasteiger partial charge in [-0.05, 0) is 30.3 Å². The van der Waals surface area contributed by atoms with Crippen molar-refractivity contribution >= 4 is 27.6 Å². The molecule has 0 aliphatic rings. The predicted molar refractivity (Wildman–Crippen MR) is 103 cm³/mol. The molecule has 0 bridgehead atoms. The van der Waals surface area contributed by atoms with Crippen LogP contribution in [0.4, 0.5) is 0 Å². The largest absolute Gasteiger partial charge is 0.490 e. The standard InChI is InChI=1S/C18H23ClN2O5S/c1-4-21(5-2)27(23,24)16-12-17(20(3)13-16)18(22)26-11-10-25-15-8-6-14(19)7-9-15/h6-9,12-13H,4-5,10-11H2,1-3H3. The van der Waals surface area contributed by atoms with E-state index in [1.807, 2.05) is 0 Å². The third-order valence-electron chi connectivity index (χ3n) is 3.93. The normalized spacial score (nSPS) is 11.6. The van der Waals surface area contributed by atoms with Gasteiger partial charge >= 0.3 is 5.97 Å². The highest BCUT2D eigenvalue weighted by molar-refractivity contribution is 7.89. The summed E-state index contributed by atoms with van der Waals surface area (Å²) in [5.41, 5.74) is 0.159. The number of hydrogen-bond acceptors (Lipinski definition) is 5. The Balaban J connectivity index is 1.96. The first-order valence-corrected chi connectivity index (χ1v) is 10.3. The molecule has 9 heteroatoms. The lowest BCUT2D eigenvalue weighted by Gasteiger charge is -2.17. The molecular weight excluding hydrogens is 392 g/mol. The highest BCUT2D eigenvalue weighted by Gasteiger charge is 2.25. The maximum Gasteiger partial charge on any atom is 0.355 e. The van der Waals surface area contributed by atoms with Gasteiger partial charge in [0.25, 0.3) is 0 Å². The Hall–Kier alpha value is -2.03. The Morgan fingerprint density at radius 2 is 1.78 bits per heavy atom. The van der Waals surface area contributed by atoms with Crippen LogP contribution in [0.3, 0.4) is 0 Å². The fourth-order valence-electron chi connectivity index (χ4n) is 2.49. The second kappa shape index (κ2) is 9.25. The molecule has 0 atom stereocenters. The number of aryl methyl sites for hydroxylation is 1. The van der Waals surface area contributed by atoms with Gasteiger partial charge in [-0.2, -0.15) is 4.31 Å². The number of halogens is 1. The molecule has 2 aromatic rings. The molecule has 0 aliphatic heterocycles. The molecule has 0 fully saturated rings. The van der Waals surface area contributed by atoms with Gasteiger partial charge in [-0.1, -0.05) is 25.4 Å². The number of ether oxygens (including phenoxy) is 2. The average Bonchev–Trinajstić information content (AvgIpc) is 3.03. The maximum atomic E-state index is 12.6. The third kappa shape index (κ3) is 5.24. The third-order valence-corrected chi connectivity index (χ3v) is 6.20. The van der Waals surface area contributed by atoms with Crippen molar-refractivity contribution in [2.75, 3.05) is 26.3 Å². The van der Waals surface area contributed by atoms with Gasteiger partial charge in [-0.25, -0.2) is 13.2 Å². The summed E-state index contributed by atoms with van der Waals surface area (Å²) in [6, 6.07) is 8.16. The Morgan fingerprint density at radius 3 is 2.37 bits per heavy atom. The van der Waals surface area contributed by atoms with Crippen LogP contribution in [0.25, 0.3) is 0 Å². The maximum absolute atomic E-state index is 12.6. The molecule has 7 nitrogen and oxygen atoms in total. The zero-order valence-electron chi connectivity index (χ0n) is 15.5. The van der Waals surface area contributed by atoms with Gasteiger partial charge in [0.05, 0.1) is 0 Å². The second-order valence-corrected chi connectivity index (χ2v) is 8.07. The molecule has 27 heavy (non-hydrogen) atoms. The minimum atomic E-state index is -3.63. The number of carbonyl (C=O) groups is 1. The first kappa shape index (κ1) is 21.3. The SMILES string of the molecule is CCN(CC)S(=O)(=O)c1cc(C(=O)OCCOc2ccc(Cl)cc2)n(C)c1. The molecule has 0 unspecified atom stereocenters. The molecule has 1 heterocycles. The minimum absolute atomic E-state index is 0.0325. The van der Waals surface area contributed by atoms with Crippen molar-refractivity contribution in [2.45, 2.75) is 18.7 Å². The van der Waals surface area contributed by atoms with E-state index >= 15 is 0 Å². The van der Waals surface area contributed by atoms with Crippen LogP contribution in [-0.4, -0.2) is 49.6 Å². The second-order valence-electron chi connectivity index (χ2n) is 5.70. The van der Waals surface area contributed by atoms with E-state index in [0.29, 0.717) is 23.9 Å². The van der Waals surface area contributed by atoms with Crippen LogP contribution < -0.4 is 4.74 Å². The lowest BCUT2D eigenvalue weighted by Crippen LogP contribution is -2.30. The van der Waals surface area contributed by atoms with E-state index in [1.54, 1.807) is 45.2 Å². The van der Waals surface area contributed by atoms with Gasteiger partial charge in [0.2, 0.25) is 10.0 Å². The van der Waals surface area contributed by atoms with Crippen molar-refractivity contribution in [1.82, 2.24) is 8.87 Å². The van der Waals surface area contributed by atoms with E-state index in [0.717, 1.165) is 0 Å². The smallest absolute Gasteiger partial charge is 0.355 e. The zero-order chi connectivity index (χ0) is 20.0. The van der Waals surface area contributed by atoms with E-state index in [-0.39, 0.29) is 23.8 Å². The van der Waals surface area contributed by atoms with Gasteiger partial charge < -0.3 is 14.0 Å². The van der Waals surface area contributed by atoms with Gasteiger partial charge in [0.15, 0.2) is 0 Å². The Morgan fingerprint density at radius 1 is 1.15 bits per heavy atom. The van der Waals surface area contributed by atoms with E-state index in [9.17, 15) is 13.2 Å². The molecule has 0 spiro atoms. The fourth-order valence-corrected chi connectivity index (χ4v) is 4.15. The van der Waals surface area contributed by atoms with Crippen molar-refractivity contribution in [3.63, 3.8) is 0 Å². The summed E-state index contributed by atoms with van der Waals surface area (Å²) in [4.78, 5) is 12.3. The number of benzene rings is 1. The fraction of sp³-hybridized carbons (Fsp3) is 0.389. The first-order chi connectivity index (χ1) is 12.8. The van der Waals surface area contributed by atoms with E-state index in [2.05, 4.69) is 0 Å². The van der Waals surface area contributed by atoms with Gasteiger partial charge in [0.1, 0.15) is 29.6 Å². The monoisotopic (exact) mass is 414 g/mol. The summed E-state index contributed by atoms with van der Waals surface area (Å²) in [6.45, 7) is 4.44. The van der Waals surface area contributed by atoms with Gasteiger partial charge in [-0.3, -0.25) is 0 Å². The lowest BCUT2D eigenvalue weighted by atomic mass is 10.3. The van der Waals surface area contributed by atoms with Gasteiger partial charge in [-0.15, -0.1) is 0 Å². The van der Waals surface area contributed by atoms with Crippen LogP contribution in [0.15, 0.2) is 41.4 Å². The summed E-state index contributed by atoms with van der Waals surface area (Å²) in [5, 5.41) is 0.605. The zero-order valence-corrected chi connectivity index (χ0v) is 17.1. The van der Waals surface area contributed by atoms with Crippen LogP contribution in [0.5, 0.6) is 5.75 Å². The predicted octanol–water partition coefficient (Wildman–Crippen LogP) is 2.94. The van der Waals surface area contributed by atoms with Crippen molar-refractivity contribution < 1.29 is 22.7 Å². The number of rotatable bonds is 9.